The van der Waals surface area contributed by atoms with Crippen molar-refractivity contribution in [2.45, 2.75) is 31.7 Å². The minimum Gasteiger partial charge on any atom is -0.578 e. The molecule has 5 N–H and O–H groups in total. The van der Waals surface area contributed by atoms with Crippen molar-refractivity contribution in [1.82, 2.24) is 24.6 Å². The zero-order valence-corrected chi connectivity index (χ0v) is 19.5. The van der Waals surface area contributed by atoms with E-state index in [-0.39, 0.29) is 30.1 Å². The Kier molecular flexibility index (Phi) is 6.14. The van der Waals surface area contributed by atoms with Crippen LogP contribution < -0.4 is 5.73 Å². The first kappa shape index (κ1) is 23.1. The van der Waals surface area contributed by atoms with Gasteiger partial charge < -0.3 is 15.7 Å². The minimum absolute atomic E-state index is 0.0453. The number of likely N-dealkylation sites (N-methyl/N-ethyl adjacent to an activating group) is 1. The Morgan fingerprint density at radius 2 is 1.85 bits per heavy atom. The third-order valence-corrected chi connectivity index (χ3v) is 6.30. The smallest absolute Gasteiger partial charge is 0.369 e. The fraction of sp³-hybridized carbons (Fsp3) is 0.333. The Labute approximate surface area is 197 Å². The number of benzene rings is 1. The molecule has 1 aromatic carbocycles. The molecule has 1 saturated carbocycles. The van der Waals surface area contributed by atoms with Crippen molar-refractivity contribution >= 4 is 23.6 Å². The van der Waals surface area contributed by atoms with Crippen LogP contribution in [0.15, 0.2) is 54.0 Å². The summed E-state index contributed by atoms with van der Waals surface area (Å²) < 4.78 is 1.48. The van der Waals surface area contributed by atoms with E-state index in [9.17, 15) is 4.79 Å². The molecule has 0 saturated heterocycles. The van der Waals surface area contributed by atoms with Gasteiger partial charge in [-0.2, -0.15) is 5.10 Å². The second-order valence-corrected chi connectivity index (χ2v) is 8.91. The molecule has 176 valence electrons. The number of hydrogen-bond donors (Lipinski definition) is 2. The number of carbonyl (C=O) groups excluding carboxylic acids is 1. The molecule has 34 heavy (non-hydrogen) atoms. The second kappa shape index (κ2) is 9.05. The molecule has 2 aromatic heterocycles. The monoisotopic (exact) mass is 461 g/mol. The fourth-order valence-electron chi connectivity index (χ4n) is 3.87. The Balaban J connectivity index is 1.56. The maximum absolute atomic E-state index is 11.9. The van der Waals surface area contributed by atoms with Crippen LogP contribution in [-0.2, 0) is 16.8 Å². The van der Waals surface area contributed by atoms with E-state index >= 15 is 0 Å². The molecule has 0 bridgehead atoms. The maximum atomic E-state index is 11.9. The first-order chi connectivity index (χ1) is 16.2. The molecule has 0 radical (unpaired) electrons. The van der Waals surface area contributed by atoms with Crippen LogP contribution in [-0.4, -0.2) is 61.5 Å². The van der Waals surface area contributed by atoms with Gasteiger partial charge in [-0.25, -0.2) is 9.97 Å². The van der Waals surface area contributed by atoms with E-state index in [4.69, 9.17) is 16.2 Å². The third kappa shape index (κ3) is 4.66. The maximum Gasteiger partial charge on any atom is 0.369 e. The van der Waals surface area contributed by atoms with Crippen molar-refractivity contribution in [3.63, 3.8) is 0 Å². The Bertz CT molecular complexity index is 1230. The predicted octanol–water partition coefficient (Wildman–Crippen LogP) is 1.83. The quantitative estimate of drug-likeness (QED) is 0.313. The molecular weight excluding hydrogens is 432 g/mol. The summed E-state index contributed by atoms with van der Waals surface area (Å²) in [5.41, 5.74) is 8.23. The molecule has 1 fully saturated rings. The Hall–Kier alpha value is -4.08. The van der Waals surface area contributed by atoms with Crippen LogP contribution in [0.25, 0.3) is 11.1 Å². The number of carbonyl (C=O) groups is 1. The number of amides is 1. The first-order valence-corrected chi connectivity index (χ1v) is 11.0. The van der Waals surface area contributed by atoms with Crippen molar-refractivity contribution in [3.8, 4) is 11.1 Å². The van der Waals surface area contributed by atoms with Crippen LogP contribution in [0.5, 0.6) is 0 Å². The van der Waals surface area contributed by atoms with Gasteiger partial charge in [-0.05, 0) is 36.8 Å². The van der Waals surface area contributed by atoms with Gasteiger partial charge in [-0.3, -0.25) is 14.9 Å². The topological polar surface area (TPSA) is 149 Å². The van der Waals surface area contributed by atoms with Gasteiger partial charge in [0.25, 0.3) is 0 Å². The highest BCUT2D eigenvalue weighted by atomic mass is 16.3. The summed E-state index contributed by atoms with van der Waals surface area (Å²) in [7, 11) is 3.36. The van der Waals surface area contributed by atoms with Gasteiger partial charge in [0.1, 0.15) is 17.9 Å². The number of aliphatic imine (C=N–C) groups is 1. The highest BCUT2D eigenvalue weighted by molar-refractivity contribution is 6.04. The van der Waals surface area contributed by atoms with Gasteiger partial charge >= 0.3 is 5.90 Å². The molecule has 10 nitrogen and oxygen atoms in total. The molecule has 1 aliphatic carbocycles. The number of anilines is 1. The highest BCUT2D eigenvalue weighted by Crippen LogP contribution is 2.48. The highest BCUT2D eigenvalue weighted by Gasteiger charge is 2.46. The largest absolute Gasteiger partial charge is 0.578 e. The van der Waals surface area contributed by atoms with Crippen LogP contribution in [0.3, 0.4) is 0 Å². The van der Waals surface area contributed by atoms with Gasteiger partial charge in [-0.1, -0.05) is 24.3 Å². The molecule has 0 unspecified atom stereocenters. The molecule has 2 heterocycles. The van der Waals surface area contributed by atoms with Crippen LogP contribution in [0.1, 0.15) is 30.9 Å². The van der Waals surface area contributed by atoms with Crippen molar-refractivity contribution in [2.75, 3.05) is 19.8 Å². The Morgan fingerprint density at radius 3 is 2.44 bits per heavy atom. The van der Waals surface area contributed by atoms with E-state index in [0.717, 1.165) is 29.5 Å². The molecule has 0 spiro atoms. The summed E-state index contributed by atoms with van der Waals surface area (Å²) in [4.78, 5) is 25.8. The summed E-state index contributed by atoms with van der Waals surface area (Å²) in [6, 6.07) is 7.97. The summed E-state index contributed by atoms with van der Waals surface area (Å²) >= 11 is 0. The lowest BCUT2D eigenvalue weighted by Gasteiger charge is -2.28. The fourth-order valence-corrected chi connectivity index (χ4v) is 3.87. The van der Waals surface area contributed by atoms with Gasteiger partial charge in [0, 0.05) is 38.2 Å². The molecule has 1 amide bonds. The molecule has 3 aromatic rings. The van der Waals surface area contributed by atoms with Crippen molar-refractivity contribution in [2.24, 2.45) is 10.9 Å². The van der Waals surface area contributed by atoms with Gasteiger partial charge in [0.2, 0.25) is 11.9 Å². The zero-order chi connectivity index (χ0) is 24.5. The van der Waals surface area contributed by atoms with Crippen molar-refractivity contribution in [3.05, 3.63) is 60.2 Å². The van der Waals surface area contributed by atoms with Crippen LogP contribution in [0, 0.1) is 11.3 Å². The van der Waals surface area contributed by atoms with E-state index in [1.165, 1.54) is 15.8 Å². The van der Waals surface area contributed by atoms with E-state index in [1.807, 2.05) is 31.2 Å². The zero-order valence-electron chi connectivity index (χ0n) is 19.5. The summed E-state index contributed by atoms with van der Waals surface area (Å²) in [5, 5.41) is 21.4. The molecular formula is C24H29N8O2+. The number of amidine groups is 1. The van der Waals surface area contributed by atoms with Crippen LogP contribution >= 0.6 is 0 Å². The van der Waals surface area contributed by atoms with E-state index in [0.29, 0.717) is 11.5 Å². The molecule has 4 rings (SSSR count). The average Bonchev–Trinajstić information content (AvgIpc) is 3.58. The lowest BCUT2D eigenvalue weighted by Crippen LogP contribution is -2.34. The summed E-state index contributed by atoms with van der Waals surface area (Å²) in [5.74, 6) is 0.523. The van der Waals surface area contributed by atoms with Crippen LogP contribution in [0.4, 0.5) is 5.95 Å². The number of nitrogens with one attached hydrogen (secondary N) is 1. The summed E-state index contributed by atoms with van der Waals surface area (Å²) in [6.45, 7) is 2.10. The summed E-state index contributed by atoms with van der Waals surface area (Å²) in [6.07, 6.45) is 8.50. The first-order valence-electron chi connectivity index (χ1n) is 11.0. The number of hydrogen-bond acceptors (Lipinski definition) is 6. The molecule has 10 heteroatoms. The normalized spacial score (nSPS) is 15.6. The second-order valence-electron chi connectivity index (χ2n) is 8.91. The Morgan fingerprint density at radius 1 is 1.21 bits per heavy atom. The van der Waals surface area contributed by atoms with Crippen molar-refractivity contribution < 1.29 is 9.90 Å². The number of nitrogen functional groups attached to an aromatic ring is 1. The average molecular weight is 462 g/mol. The molecule has 1 atom stereocenters. The number of nitrogens with two attached hydrogens (primary N) is 1. The predicted molar refractivity (Wildman–Crippen MR) is 131 cm³/mol. The third-order valence-electron chi connectivity index (χ3n) is 6.30. The van der Waals surface area contributed by atoms with E-state index < -0.39 is 5.41 Å². The SMILES string of the molecule is CN(C)C(=O)Cn1cc(C([OH2+])=NC(=N)[C@@](C)(c2ccc(-c3cnc(N)nc3)cc2)C2CC2)cn1. The van der Waals surface area contributed by atoms with Crippen molar-refractivity contribution in [1.29, 1.82) is 5.41 Å². The number of rotatable bonds is 7. The molecule has 1 aliphatic rings. The standard InChI is InChI=1S/C24H28N8O2/c1-24(19-8-9-19,18-6-4-15(5-7-18)16-10-27-23(26)28-11-16)22(25)30-21(34)17-12-29-32(13-17)14-20(33)31(2)3/h4-7,10-13,19H,8-9,14H2,1-3H3,(H2,25,30,34)(H2,26,27,28)/p+1/t24-/m0/s1. The van der Waals surface area contributed by atoms with Gasteiger partial charge in [-0.15, -0.1) is 4.99 Å². The van der Waals surface area contributed by atoms with E-state index in [2.05, 4.69) is 20.1 Å². The van der Waals surface area contributed by atoms with E-state index in [1.54, 1.807) is 32.7 Å². The minimum atomic E-state index is -0.612. The molecule has 0 aliphatic heterocycles. The van der Waals surface area contributed by atoms with Gasteiger partial charge in [0.05, 0.1) is 11.6 Å². The number of nitrogens with zero attached hydrogens (tertiary/aromatic N) is 6. The van der Waals surface area contributed by atoms with Crippen LogP contribution in [0.2, 0.25) is 0 Å². The lowest BCUT2D eigenvalue weighted by molar-refractivity contribution is -0.129. The lowest BCUT2D eigenvalue weighted by atomic mass is 9.76. The number of aromatic nitrogens is 4. The van der Waals surface area contributed by atoms with Gasteiger partial charge in [0.15, 0.2) is 0 Å².